The van der Waals surface area contributed by atoms with Crippen LogP contribution in [0.1, 0.15) is 5.56 Å². The van der Waals surface area contributed by atoms with Crippen LogP contribution in [0.5, 0.6) is 0 Å². The summed E-state index contributed by atoms with van der Waals surface area (Å²) >= 11 is 5.84. The highest BCUT2D eigenvalue weighted by Crippen LogP contribution is 2.22. The van der Waals surface area contributed by atoms with Crippen LogP contribution in [0.15, 0.2) is 30.5 Å². The Labute approximate surface area is 91.5 Å². The first-order chi connectivity index (χ1) is 7.16. The highest BCUT2D eigenvalue weighted by Gasteiger charge is 2.01. The maximum Gasteiger partial charge on any atom is 0.241 e. The zero-order chi connectivity index (χ0) is 10.8. The molecular weight excluding hydrogens is 212 g/mol. The fourth-order valence-corrected chi connectivity index (χ4v) is 1.60. The first-order valence-electron chi connectivity index (χ1n) is 4.41. The molecule has 0 saturated carbocycles. The molecular formula is C11H9ClN2O. The Kier molecular flexibility index (Phi) is 2.47. The van der Waals surface area contributed by atoms with Crippen molar-refractivity contribution in [2.75, 3.05) is 0 Å². The molecule has 76 valence electrons. The second-order valence-corrected chi connectivity index (χ2v) is 3.61. The van der Waals surface area contributed by atoms with Crippen molar-refractivity contribution in [2.24, 2.45) is 5.73 Å². The van der Waals surface area contributed by atoms with Gasteiger partial charge in [-0.2, -0.15) is 0 Å². The fraction of sp³-hybridized carbons (Fsp3) is 0. The van der Waals surface area contributed by atoms with Gasteiger partial charge in [-0.15, -0.1) is 0 Å². The lowest BCUT2D eigenvalue weighted by Gasteiger charge is -1.92. The number of amides is 1. The highest BCUT2D eigenvalue weighted by molar-refractivity contribution is 6.31. The van der Waals surface area contributed by atoms with Crippen molar-refractivity contribution in [1.29, 1.82) is 0 Å². The molecule has 15 heavy (non-hydrogen) atoms. The van der Waals surface area contributed by atoms with Gasteiger partial charge in [0.05, 0.1) is 0 Å². The minimum Gasteiger partial charge on any atom is -0.366 e. The van der Waals surface area contributed by atoms with E-state index < -0.39 is 5.91 Å². The second kappa shape index (κ2) is 3.79. The minimum absolute atomic E-state index is 0.460. The Balaban J connectivity index is 2.50. The molecule has 2 aromatic rings. The van der Waals surface area contributed by atoms with Gasteiger partial charge in [0.25, 0.3) is 0 Å². The van der Waals surface area contributed by atoms with E-state index in [2.05, 4.69) is 4.98 Å². The molecule has 1 aromatic carbocycles. The van der Waals surface area contributed by atoms with Gasteiger partial charge in [0.1, 0.15) is 0 Å². The summed E-state index contributed by atoms with van der Waals surface area (Å²) in [6.45, 7) is 0. The van der Waals surface area contributed by atoms with Crippen LogP contribution in [-0.2, 0) is 4.79 Å². The van der Waals surface area contributed by atoms with Crippen molar-refractivity contribution >= 4 is 34.5 Å². The Hall–Kier alpha value is -1.74. The van der Waals surface area contributed by atoms with Crippen LogP contribution in [-0.4, -0.2) is 10.9 Å². The van der Waals surface area contributed by atoms with Gasteiger partial charge < -0.3 is 10.7 Å². The molecule has 0 unspecified atom stereocenters. The SMILES string of the molecule is NC(=O)C=Cc1c[nH]c2cc(Cl)ccc12. The molecule has 3 nitrogen and oxygen atoms in total. The zero-order valence-corrected chi connectivity index (χ0v) is 8.58. The van der Waals surface area contributed by atoms with E-state index in [4.69, 9.17) is 17.3 Å². The van der Waals surface area contributed by atoms with Crippen LogP contribution < -0.4 is 5.73 Å². The predicted octanol–water partition coefficient (Wildman–Crippen LogP) is 2.32. The van der Waals surface area contributed by atoms with Crippen molar-refractivity contribution in [3.05, 3.63) is 41.1 Å². The molecule has 0 fully saturated rings. The number of carbonyl (C=O) groups is 1. The molecule has 2 rings (SSSR count). The number of carbonyl (C=O) groups excluding carboxylic acids is 1. The third-order valence-corrected chi connectivity index (χ3v) is 2.34. The minimum atomic E-state index is -0.460. The molecule has 1 amide bonds. The van der Waals surface area contributed by atoms with Gasteiger partial charge in [0, 0.05) is 28.2 Å². The van der Waals surface area contributed by atoms with Gasteiger partial charge in [-0.25, -0.2) is 0 Å². The third-order valence-electron chi connectivity index (χ3n) is 2.10. The molecule has 1 aromatic heterocycles. The van der Waals surface area contributed by atoms with Crippen molar-refractivity contribution in [3.8, 4) is 0 Å². The van der Waals surface area contributed by atoms with E-state index in [1.54, 1.807) is 18.3 Å². The van der Waals surface area contributed by atoms with Crippen LogP contribution in [0, 0.1) is 0 Å². The number of hydrogen-bond acceptors (Lipinski definition) is 1. The van der Waals surface area contributed by atoms with E-state index >= 15 is 0 Å². The second-order valence-electron chi connectivity index (χ2n) is 3.17. The van der Waals surface area contributed by atoms with Crippen molar-refractivity contribution in [3.63, 3.8) is 0 Å². The van der Waals surface area contributed by atoms with Crippen LogP contribution in [0.2, 0.25) is 5.02 Å². The summed E-state index contributed by atoms with van der Waals surface area (Å²) in [5.41, 5.74) is 6.87. The van der Waals surface area contributed by atoms with E-state index in [0.717, 1.165) is 16.5 Å². The number of benzene rings is 1. The molecule has 0 aliphatic heterocycles. The summed E-state index contributed by atoms with van der Waals surface area (Å²) in [5, 5.41) is 1.69. The molecule has 0 atom stereocenters. The average Bonchev–Trinajstić information content (AvgIpc) is 2.57. The summed E-state index contributed by atoms with van der Waals surface area (Å²) in [7, 11) is 0. The standard InChI is InChI=1S/C11H9ClN2O/c12-8-2-3-9-7(1-4-11(13)15)6-14-10(9)5-8/h1-6,14H,(H2,13,15). The summed E-state index contributed by atoms with van der Waals surface area (Å²) in [6, 6.07) is 5.53. The first kappa shape index (κ1) is 9.80. The number of nitrogens with two attached hydrogens (primary N) is 1. The van der Waals surface area contributed by atoms with E-state index in [0.29, 0.717) is 5.02 Å². The number of primary amides is 1. The van der Waals surface area contributed by atoms with Crippen LogP contribution >= 0.6 is 11.6 Å². The molecule has 0 aliphatic carbocycles. The topological polar surface area (TPSA) is 58.9 Å². The maximum atomic E-state index is 10.6. The molecule has 0 bridgehead atoms. The molecule has 0 radical (unpaired) electrons. The molecule has 3 N–H and O–H groups in total. The van der Waals surface area contributed by atoms with Crippen molar-refractivity contribution in [1.82, 2.24) is 4.98 Å². The van der Waals surface area contributed by atoms with E-state index in [9.17, 15) is 4.79 Å². The first-order valence-corrected chi connectivity index (χ1v) is 4.79. The fourth-order valence-electron chi connectivity index (χ4n) is 1.43. The number of halogens is 1. The number of hydrogen-bond donors (Lipinski definition) is 2. The number of aromatic amines is 1. The quantitative estimate of drug-likeness (QED) is 0.750. The van der Waals surface area contributed by atoms with Crippen LogP contribution in [0.4, 0.5) is 0 Å². The highest BCUT2D eigenvalue weighted by atomic mass is 35.5. The van der Waals surface area contributed by atoms with Gasteiger partial charge in [-0.05, 0) is 23.8 Å². The molecule has 1 heterocycles. The third kappa shape index (κ3) is 2.02. The Morgan fingerprint density at radius 2 is 2.27 bits per heavy atom. The Bertz CT molecular complexity index is 543. The van der Waals surface area contributed by atoms with Crippen molar-refractivity contribution in [2.45, 2.75) is 0 Å². The monoisotopic (exact) mass is 220 g/mol. The van der Waals surface area contributed by atoms with Crippen LogP contribution in [0.3, 0.4) is 0 Å². The van der Waals surface area contributed by atoms with Gasteiger partial charge >= 0.3 is 0 Å². The van der Waals surface area contributed by atoms with Gasteiger partial charge in [-0.1, -0.05) is 17.7 Å². The molecule has 4 heteroatoms. The van der Waals surface area contributed by atoms with E-state index in [1.165, 1.54) is 6.08 Å². The lowest BCUT2D eigenvalue weighted by molar-refractivity contribution is -0.113. The number of H-pyrrole nitrogens is 1. The number of fused-ring (bicyclic) bond motifs is 1. The molecule has 0 aliphatic rings. The zero-order valence-electron chi connectivity index (χ0n) is 7.83. The summed E-state index contributed by atoms with van der Waals surface area (Å²) in [6.07, 6.45) is 4.81. The van der Waals surface area contributed by atoms with Crippen molar-refractivity contribution < 1.29 is 4.79 Å². The number of aromatic nitrogens is 1. The van der Waals surface area contributed by atoms with Gasteiger partial charge in [0.15, 0.2) is 0 Å². The summed E-state index contributed by atoms with van der Waals surface area (Å²) < 4.78 is 0. The summed E-state index contributed by atoms with van der Waals surface area (Å²) in [4.78, 5) is 13.7. The largest absolute Gasteiger partial charge is 0.366 e. The number of rotatable bonds is 2. The molecule has 0 spiro atoms. The lowest BCUT2D eigenvalue weighted by atomic mass is 10.1. The predicted molar refractivity (Wildman–Crippen MR) is 61.5 cm³/mol. The van der Waals surface area contributed by atoms with E-state index in [-0.39, 0.29) is 0 Å². The van der Waals surface area contributed by atoms with E-state index in [1.807, 2.05) is 12.1 Å². The Morgan fingerprint density at radius 3 is 3.00 bits per heavy atom. The van der Waals surface area contributed by atoms with Crippen LogP contribution in [0.25, 0.3) is 17.0 Å². The normalized spacial score (nSPS) is 11.3. The maximum absolute atomic E-state index is 10.6. The number of nitrogens with one attached hydrogen (secondary N) is 1. The van der Waals surface area contributed by atoms with Gasteiger partial charge in [0.2, 0.25) is 5.91 Å². The summed E-state index contributed by atoms with van der Waals surface area (Å²) in [5.74, 6) is -0.460. The van der Waals surface area contributed by atoms with Gasteiger partial charge in [-0.3, -0.25) is 4.79 Å². The molecule has 0 saturated heterocycles. The lowest BCUT2D eigenvalue weighted by Crippen LogP contribution is -2.04. The smallest absolute Gasteiger partial charge is 0.241 e. The Morgan fingerprint density at radius 1 is 1.47 bits per heavy atom. The average molecular weight is 221 g/mol.